The molecule has 0 aliphatic rings. The quantitative estimate of drug-likeness (QED) is 0.249. The fourth-order valence-corrected chi connectivity index (χ4v) is 1.84. The lowest BCUT2D eigenvalue weighted by molar-refractivity contribution is -0.128. The van der Waals surface area contributed by atoms with Gasteiger partial charge >= 0.3 is 0 Å². The van der Waals surface area contributed by atoms with E-state index < -0.39 is 0 Å². The van der Waals surface area contributed by atoms with Crippen molar-refractivity contribution < 1.29 is 38.0 Å². The number of ether oxygens (including phenoxy) is 6. The van der Waals surface area contributed by atoms with Crippen LogP contribution in [0.4, 0.5) is 0 Å². The van der Waals surface area contributed by atoms with Gasteiger partial charge in [0, 0.05) is 19.1 Å². The van der Waals surface area contributed by atoms with Crippen molar-refractivity contribution in [2.75, 3.05) is 85.8 Å². The molecular weight excluding hydrogens is 406 g/mol. The van der Waals surface area contributed by atoms with Gasteiger partial charge in [-0.3, -0.25) is 9.59 Å². The summed E-state index contributed by atoms with van der Waals surface area (Å²) in [5.74, 6) is -0.152. The van der Waals surface area contributed by atoms with Crippen molar-refractivity contribution >= 4 is 11.7 Å². The van der Waals surface area contributed by atoms with Gasteiger partial charge in [-0.1, -0.05) is 34.6 Å². The second-order valence-electron chi connectivity index (χ2n) is 6.53. The molecule has 0 aliphatic heterocycles. The van der Waals surface area contributed by atoms with Gasteiger partial charge in [-0.25, -0.2) is 0 Å². The van der Waals surface area contributed by atoms with Gasteiger partial charge in [0.2, 0.25) is 5.91 Å². The zero-order chi connectivity index (χ0) is 23.6. The van der Waals surface area contributed by atoms with Crippen LogP contribution in [0, 0.1) is 5.92 Å². The summed E-state index contributed by atoms with van der Waals surface area (Å²) in [5, 5.41) is 2.69. The highest BCUT2D eigenvalue weighted by Gasteiger charge is 2.06. The molecule has 0 heterocycles. The number of ketones is 1. The number of Topliss-reactive ketones (excluding diaryl/α,β-unsaturated/α-hetero) is 1. The molecule has 0 radical (unpaired) electrons. The molecule has 0 spiro atoms. The van der Waals surface area contributed by atoms with Gasteiger partial charge in [-0.2, -0.15) is 0 Å². The maximum atomic E-state index is 11.6. The molecule has 9 heteroatoms. The molecule has 0 fully saturated rings. The Morgan fingerprint density at radius 2 is 1.06 bits per heavy atom. The summed E-state index contributed by atoms with van der Waals surface area (Å²) in [6.45, 7) is 15.0. The smallest absolute Gasteiger partial charge is 0.246 e. The zero-order valence-electron chi connectivity index (χ0n) is 20.2. The molecule has 0 aliphatic carbocycles. The number of hydrogen-bond acceptors (Lipinski definition) is 8. The van der Waals surface area contributed by atoms with E-state index in [0.717, 1.165) is 13.0 Å². The first-order valence-corrected chi connectivity index (χ1v) is 11.3. The van der Waals surface area contributed by atoms with E-state index in [2.05, 4.69) is 12.2 Å². The minimum absolute atomic E-state index is 0.0188. The third kappa shape index (κ3) is 26.9. The van der Waals surface area contributed by atoms with Gasteiger partial charge < -0.3 is 33.7 Å². The van der Waals surface area contributed by atoms with Crippen molar-refractivity contribution in [3.05, 3.63) is 0 Å². The molecule has 31 heavy (non-hydrogen) atoms. The van der Waals surface area contributed by atoms with Gasteiger partial charge in [0.05, 0.1) is 59.5 Å². The third-order valence-electron chi connectivity index (χ3n) is 3.53. The molecule has 0 unspecified atom stereocenters. The Kier molecular flexibility index (Phi) is 27.9. The Morgan fingerprint density at radius 1 is 0.645 bits per heavy atom. The summed E-state index contributed by atoms with van der Waals surface area (Å²) in [6, 6.07) is 0. The first-order chi connectivity index (χ1) is 15.1. The standard InChI is InChI=1S/C20H39NO8.C2H6/c1-4-6-24-8-9-26-10-11-27-13-15-29-17-20(23)21-5-7-25-12-14-28-16-19(22)18(2)3;1-2/h18H,4-17H2,1-3H3,(H,21,23);1-2H3. The second-order valence-corrected chi connectivity index (χ2v) is 6.53. The third-order valence-corrected chi connectivity index (χ3v) is 3.53. The molecule has 0 aromatic rings. The molecule has 0 saturated carbocycles. The molecule has 1 N–H and O–H groups in total. The first kappa shape index (κ1) is 32.1. The van der Waals surface area contributed by atoms with Crippen LogP contribution in [-0.2, 0) is 38.0 Å². The molecule has 0 atom stereocenters. The van der Waals surface area contributed by atoms with Gasteiger partial charge in [-0.05, 0) is 6.42 Å². The lowest BCUT2D eigenvalue weighted by atomic mass is 10.1. The number of hydrogen-bond donors (Lipinski definition) is 1. The topological polar surface area (TPSA) is 102 Å². The van der Waals surface area contributed by atoms with Crippen LogP contribution >= 0.6 is 0 Å². The van der Waals surface area contributed by atoms with Crippen LogP contribution in [0.5, 0.6) is 0 Å². The Hall–Kier alpha value is -1.10. The Balaban J connectivity index is 0. The molecule has 186 valence electrons. The number of carbonyl (C=O) groups is 2. The fourth-order valence-electron chi connectivity index (χ4n) is 1.84. The second kappa shape index (κ2) is 26.9. The molecular formula is C22H45NO8. The highest BCUT2D eigenvalue weighted by Crippen LogP contribution is 1.94. The van der Waals surface area contributed by atoms with Crippen LogP contribution in [-0.4, -0.2) is 97.5 Å². The Morgan fingerprint density at radius 3 is 1.55 bits per heavy atom. The fraction of sp³-hybridized carbons (Fsp3) is 0.909. The van der Waals surface area contributed by atoms with Crippen LogP contribution in [0.2, 0.25) is 0 Å². The van der Waals surface area contributed by atoms with Crippen LogP contribution in [0.1, 0.15) is 41.0 Å². The minimum Gasteiger partial charge on any atom is -0.379 e. The molecule has 1 amide bonds. The zero-order valence-corrected chi connectivity index (χ0v) is 20.2. The van der Waals surface area contributed by atoms with Gasteiger partial charge in [0.1, 0.15) is 13.2 Å². The van der Waals surface area contributed by atoms with E-state index in [1.165, 1.54) is 0 Å². The van der Waals surface area contributed by atoms with Crippen LogP contribution in [0.25, 0.3) is 0 Å². The number of carbonyl (C=O) groups excluding carboxylic acids is 2. The SMILES string of the molecule is CC.CCCOCCOCCOCCOCC(=O)NCCOCCOCC(=O)C(C)C. The lowest BCUT2D eigenvalue weighted by Gasteiger charge is -2.09. The summed E-state index contributed by atoms with van der Waals surface area (Å²) in [6.07, 6.45) is 1.01. The Bertz CT molecular complexity index is 394. The number of amides is 1. The molecule has 9 nitrogen and oxygen atoms in total. The first-order valence-electron chi connectivity index (χ1n) is 11.3. The molecule has 0 saturated heterocycles. The van der Waals surface area contributed by atoms with Crippen LogP contribution < -0.4 is 5.32 Å². The van der Waals surface area contributed by atoms with E-state index in [1.54, 1.807) is 0 Å². The monoisotopic (exact) mass is 451 g/mol. The normalized spacial score (nSPS) is 10.6. The van der Waals surface area contributed by atoms with Crippen molar-refractivity contribution in [3.63, 3.8) is 0 Å². The maximum absolute atomic E-state index is 11.6. The van der Waals surface area contributed by atoms with E-state index in [0.29, 0.717) is 66.0 Å². The maximum Gasteiger partial charge on any atom is 0.246 e. The predicted molar refractivity (Wildman–Crippen MR) is 119 cm³/mol. The molecule has 0 bridgehead atoms. The van der Waals surface area contributed by atoms with E-state index in [9.17, 15) is 9.59 Å². The van der Waals surface area contributed by atoms with Gasteiger partial charge in [-0.15, -0.1) is 0 Å². The van der Waals surface area contributed by atoms with E-state index in [-0.39, 0.29) is 30.8 Å². The summed E-state index contributed by atoms with van der Waals surface area (Å²) in [4.78, 5) is 22.9. The van der Waals surface area contributed by atoms with E-state index in [1.807, 2.05) is 27.7 Å². The minimum atomic E-state index is -0.206. The van der Waals surface area contributed by atoms with Crippen molar-refractivity contribution in [2.45, 2.75) is 41.0 Å². The largest absolute Gasteiger partial charge is 0.379 e. The van der Waals surface area contributed by atoms with Crippen molar-refractivity contribution in [2.24, 2.45) is 5.92 Å². The highest BCUT2D eigenvalue weighted by molar-refractivity contribution is 5.81. The number of nitrogens with one attached hydrogen (secondary N) is 1. The van der Waals surface area contributed by atoms with Gasteiger partial charge in [0.25, 0.3) is 0 Å². The van der Waals surface area contributed by atoms with Crippen molar-refractivity contribution in [1.29, 1.82) is 0 Å². The van der Waals surface area contributed by atoms with Crippen LogP contribution in [0.15, 0.2) is 0 Å². The molecule has 0 rings (SSSR count). The number of rotatable bonds is 22. The van der Waals surface area contributed by atoms with Crippen LogP contribution in [0.3, 0.4) is 0 Å². The summed E-state index contributed by atoms with van der Waals surface area (Å²) in [5.41, 5.74) is 0. The summed E-state index contributed by atoms with van der Waals surface area (Å²) < 4.78 is 31.7. The average Bonchev–Trinajstić information content (AvgIpc) is 2.77. The summed E-state index contributed by atoms with van der Waals surface area (Å²) in [7, 11) is 0. The van der Waals surface area contributed by atoms with E-state index in [4.69, 9.17) is 28.4 Å². The van der Waals surface area contributed by atoms with Crippen molar-refractivity contribution in [1.82, 2.24) is 5.32 Å². The average molecular weight is 452 g/mol. The van der Waals surface area contributed by atoms with E-state index >= 15 is 0 Å². The van der Waals surface area contributed by atoms with Gasteiger partial charge in [0.15, 0.2) is 5.78 Å². The molecule has 0 aromatic carbocycles. The lowest BCUT2D eigenvalue weighted by Crippen LogP contribution is -2.31. The Labute approximate surface area is 188 Å². The van der Waals surface area contributed by atoms with Crippen molar-refractivity contribution in [3.8, 4) is 0 Å². The molecule has 0 aromatic heterocycles. The highest BCUT2D eigenvalue weighted by atomic mass is 16.6. The predicted octanol–water partition coefficient (Wildman–Crippen LogP) is 1.86. The summed E-state index contributed by atoms with van der Waals surface area (Å²) >= 11 is 0.